The Bertz CT molecular complexity index is 383. The van der Waals surface area contributed by atoms with E-state index in [-0.39, 0.29) is 6.10 Å². The highest BCUT2D eigenvalue weighted by Crippen LogP contribution is 2.22. The van der Waals surface area contributed by atoms with Crippen LogP contribution in [0.4, 0.5) is 0 Å². The number of β-amino-alcohol motifs (C(OH)–C–C–N with tert-alkyl or cyclic N) is 2. The van der Waals surface area contributed by atoms with E-state index in [9.17, 15) is 10.2 Å². The van der Waals surface area contributed by atoms with E-state index in [0.717, 1.165) is 18.5 Å². The van der Waals surface area contributed by atoms with Gasteiger partial charge in [-0.1, -0.05) is 30.3 Å². The Kier molecular flexibility index (Phi) is 4.93. The van der Waals surface area contributed by atoms with Crippen LogP contribution < -0.4 is 0 Å². The van der Waals surface area contributed by atoms with Gasteiger partial charge >= 0.3 is 0 Å². The normalized spacial score (nSPS) is 25.9. The fourth-order valence-corrected chi connectivity index (χ4v) is 2.80. The van der Waals surface area contributed by atoms with Crippen LogP contribution >= 0.6 is 0 Å². The molecule has 0 aliphatic carbocycles. The minimum absolute atomic E-state index is 0.270. The maximum absolute atomic E-state index is 10.3. The van der Waals surface area contributed by atoms with Crippen LogP contribution in [-0.4, -0.2) is 65.9 Å². The van der Waals surface area contributed by atoms with E-state index in [0.29, 0.717) is 19.1 Å². The molecule has 1 aromatic rings. The molecule has 0 bridgehead atoms. The molecular formula is C15H24N2O2. The summed E-state index contributed by atoms with van der Waals surface area (Å²) in [6.45, 7) is 2.15. The zero-order valence-corrected chi connectivity index (χ0v) is 11.7. The van der Waals surface area contributed by atoms with Gasteiger partial charge in [0.1, 0.15) is 0 Å². The molecule has 3 unspecified atom stereocenters. The van der Waals surface area contributed by atoms with E-state index in [2.05, 4.69) is 9.80 Å². The maximum atomic E-state index is 10.3. The van der Waals surface area contributed by atoms with Crippen LogP contribution in [-0.2, 0) is 0 Å². The average Bonchev–Trinajstić information content (AvgIpc) is 2.69. The third-order valence-electron chi connectivity index (χ3n) is 3.67. The molecule has 0 aromatic heterocycles. The molecule has 106 valence electrons. The number of likely N-dealkylation sites (N-methyl/N-ethyl adjacent to an activating group) is 1. The number of aliphatic hydroxyl groups excluding tert-OH is 2. The zero-order chi connectivity index (χ0) is 13.8. The van der Waals surface area contributed by atoms with Crippen molar-refractivity contribution in [2.45, 2.75) is 24.7 Å². The standard InChI is InChI=1S/C15H24N2O2/c1-16(2)9-13-8-14(18)10-17(13)11-15(19)12-6-4-3-5-7-12/h3-7,13-15,18-19H,8-11H2,1-2H3. The Labute approximate surface area is 115 Å². The quantitative estimate of drug-likeness (QED) is 0.822. The Balaban J connectivity index is 1.96. The predicted octanol–water partition coefficient (Wildman–Crippen LogP) is 0.717. The van der Waals surface area contributed by atoms with Crippen LogP contribution in [0.5, 0.6) is 0 Å². The Morgan fingerprint density at radius 1 is 1.32 bits per heavy atom. The first-order valence-electron chi connectivity index (χ1n) is 6.86. The Morgan fingerprint density at radius 3 is 2.63 bits per heavy atom. The van der Waals surface area contributed by atoms with E-state index < -0.39 is 6.10 Å². The number of likely N-dealkylation sites (tertiary alicyclic amines) is 1. The monoisotopic (exact) mass is 264 g/mol. The lowest BCUT2D eigenvalue weighted by atomic mass is 10.1. The number of benzene rings is 1. The first-order chi connectivity index (χ1) is 9.06. The van der Waals surface area contributed by atoms with Gasteiger partial charge in [0.05, 0.1) is 12.2 Å². The molecule has 0 spiro atoms. The highest BCUT2D eigenvalue weighted by atomic mass is 16.3. The number of hydrogen-bond donors (Lipinski definition) is 2. The van der Waals surface area contributed by atoms with Crippen molar-refractivity contribution in [3.63, 3.8) is 0 Å². The highest BCUT2D eigenvalue weighted by Gasteiger charge is 2.32. The van der Waals surface area contributed by atoms with Gasteiger partial charge < -0.3 is 15.1 Å². The highest BCUT2D eigenvalue weighted by molar-refractivity contribution is 5.17. The van der Waals surface area contributed by atoms with Crippen molar-refractivity contribution in [2.75, 3.05) is 33.7 Å². The molecule has 1 saturated heterocycles. The third-order valence-corrected chi connectivity index (χ3v) is 3.67. The van der Waals surface area contributed by atoms with Crippen molar-refractivity contribution in [3.8, 4) is 0 Å². The average molecular weight is 264 g/mol. The van der Waals surface area contributed by atoms with E-state index in [4.69, 9.17) is 0 Å². The number of rotatable bonds is 5. The van der Waals surface area contributed by atoms with Crippen molar-refractivity contribution in [3.05, 3.63) is 35.9 Å². The lowest BCUT2D eigenvalue weighted by molar-refractivity contribution is 0.0924. The topological polar surface area (TPSA) is 46.9 Å². The largest absolute Gasteiger partial charge is 0.392 e. The minimum Gasteiger partial charge on any atom is -0.392 e. The van der Waals surface area contributed by atoms with Crippen molar-refractivity contribution in [1.82, 2.24) is 9.80 Å². The molecule has 1 aliphatic rings. The van der Waals surface area contributed by atoms with Gasteiger partial charge in [-0.2, -0.15) is 0 Å². The molecule has 4 nitrogen and oxygen atoms in total. The first kappa shape index (κ1) is 14.5. The van der Waals surface area contributed by atoms with Crippen LogP contribution in [0.25, 0.3) is 0 Å². The molecule has 1 fully saturated rings. The fraction of sp³-hybridized carbons (Fsp3) is 0.600. The lowest BCUT2D eigenvalue weighted by Gasteiger charge is -2.28. The molecule has 1 aromatic carbocycles. The summed E-state index contributed by atoms with van der Waals surface area (Å²) < 4.78 is 0. The molecule has 2 N–H and O–H groups in total. The van der Waals surface area contributed by atoms with Gasteiger partial charge in [-0.05, 0) is 26.1 Å². The predicted molar refractivity (Wildman–Crippen MR) is 75.9 cm³/mol. The summed E-state index contributed by atoms with van der Waals surface area (Å²) >= 11 is 0. The minimum atomic E-state index is -0.490. The molecule has 0 radical (unpaired) electrons. The van der Waals surface area contributed by atoms with Gasteiger partial charge in [0.15, 0.2) is 0 Å². The van der Waals surface area contributed by atoms with Crippen LogP contribution in [0.2, 0.25) is 0 Å². The van der Waals surface area contributed by atoms with E-state index in [1.54, 1.807) is 0 Å². The van der Waals surface area contributed by atoms with Gasteiger partial charge in [-0.25, -0.2) is 0 Å². The second-order valence-electron chi connectivity index (χ2n) is 5.69. The second kappa shape index (κ2) is 6.48. The summed E-state index contributed by atoms with van der Waals surface area (Å²) in [6, 6.07) is 10.0. The van der Waals surface area contributed by atoms with Crippen molar-refractivity contribution in [1.29, 1.82) is 0 Å². The van der Waals surface area contributed by atoms with Crippen LogP contribution in [0.15, 0.2) is 30.3 Å². The van der Waals surface area contributed by atoms with Gasteiger partial charge in [0, 0.05) is 25.7 Å². The van der Waals surface area contributed by atoms with E-state index in [1.165, 1.54) is 0 Å². The molecule has 2 rings (SSSR count). The van der Waals surface area contributed by atoms with Crippen molar-refractivity contribution < 1.29 is 10.2 Å². The van der Waals surface area contributed by atoms with E-state index in [1.807, 2.05) is 44.4 Å². The molecule has 4 heteroatoms. The summed E-state index contributed by atoms with van der Waals surface area (Å²) in [5.41, 5.74) is 0.937. The first-order valence-corrected chi connectivity index (χ1v) is 6.86. The summed E-state index contributed by atoms with van der Waals surface area (Å²) in [4.78, 5) is 4.33. The summed E-state index contributed by atoms with van der Waals surface area (Å²) in [5, 5.41) is 20.1. The Hall–Kier alpha value is -0.940. The van der Waals surface area contributed by atoms with Crippen LogP contribution in [0.1, 0.15) is 18.1 Å². The molecule has 1 heterocycles. The van der Waals surface area contributed by atoms with Gasteiger partial charge in [-0.15, -0.1) is 0 Å². The second-order valence-corrected chi connectivity index (χ2v) is 5.69. The van der Waals surface area contributed by atoms with Gasteiger partial charge in [0.2, 0.25) is 0 Å². The van der Waals surface area contributed by atoms with Gasteiger partial charge in [-0.3, -0.25) is 4.90 Å². The molecule has 1 aliphatic heterocycles. The molecule has 19 heavy (non-hydrogen) atoms. The third kappa shape index (κ3) is 4.01. The molecule has 3 atom stereocenters. The van der Waals surface area contributed by atoms with Crippen LogP contribution in [0.3, 0.4) is 0 Å². The van der Waals surface area contributed by atoms with Crippen molar-refractivity contribution in [2.24, 2.45) is 0 Å². The molecule has 0 amide bonds. The number of hydrogen-bond acceptors (Lipinski definition) is 4. The SMILES string of the molecule is CN(C)CC1CC(O)CN1CC(O)c1ccccc1. The molecular weight excluding hydrogens is 240 g/mol. The maximum Gasteiger partial charge on any atom is 0.0917 e. The lowest BCUT2D eigenvalue weighted by Crippen LogP contribution is -2.39. The molecule has 0 saturated carbocycles. The zero-order valence-electron chi connectivity index (χ0n) is 11.7. The fourth-order valence-electron chi connectivity index (χ4n) is 2.80. The summed E-state index contributed by atoms with van der Waals surface area (Å²) in [6.07, 6.45) is 0.0313. The number of nitrogens with zero attached hydrogens (tertiary/aromatic N) is 2. The summed E-state index contributed by atoms with van der Waals surface area (Å²) in [5.74, 6) is 0. The van der Waals surface area contributed by atoms with Gasteiger partial charge in [0.25, 0.3) is 0 Å². The summed E-state index contributed by atoms with van der Waals surface area (Å²) in [7, 11) is 4.08. The van der Waals surface area contributed by atoms with Crippen LogP contribution in [0, 0.1) is 0 Å². The Morgan fingerprint density at radius 2 is 2.00 bits per heavy atom. The number of aliphatic hydroxyl groups is 2. The van der Waals surface area contributed by atoms with Crippen molar-refractivity contribution >= 4 is 0 Å². The van der Waals surface area contributed by atoms with E-state index >= 15 is 0 Å². The smallest absolute Gasteiger partial charge is 0.0917 e.